The van der Waals surface area contributed by atoms with Crippen molar-refractivity contribution in [2.24, 2.45) is 0 Å². The van der Waals surface area contributed by atoms with E-state index in [1.165, 1.54) is 0 Å². The van der Waals surface area contributed by atoms with Crippen molar-refractivity contribution in [2.45, 2.75) is 11.8 Å². The van der Waals surface area contributed by atoms with E-state index in [4.69, 9.17) is 0 Å². The van der Waals surface area contributed by atoms with Crippen LogP contribution in [0.4, 0.5) is 11.5 Å². The fourth-order valence-electron chi connectivity index (χ4n) is 3.15. The normalized spacial score (nSPS) is 11.6. The van der Waals surface area contributed by atoms with Crippen LogP contribution in [0.5, 0.6) is 0 Å². The molecule has 0 radical (unpaired) electrons. The summed E-state index contributed by atoms with van der Waals surface area (Å²) in [5.74, 6) is 0.841. The van der Waals surface area contributed by atoms with E-state index in [1.807, 2.05) is 44.2 Å². The van der Waals surface area contributed by atoms with Gasteiger partial charge in [-0.25, -0.2) is 18.4 Å². The molecule has 0 unspecified atom stereocenters. The van der Waals surface area contributed by atoms with Gasteiger partial charge in [-0.05, 0) is 36.8 Å². The molecule has 0 bridgehead atoms. The van der Waals surface area contributed by atoms with Crippen molar-refractivity contribution in [3.63, 3.8) is 0 Å². The van der Waals surface area contributed by atoms with Crippen LogP contribution in [0.15, 0.2) is 66.0 Å². The van der Waals surface area contributed by atoms with E-state index < -0.39 is 10.0 Å². The summed E-state index contributed by atoms with van der Waals surface area (Å²) in [6.45, 7) is 1.83. The number of benzene rings is 1. The smallest absolute Gasteiger partial charge is 0.261 e. The van der Waals surface area contributed by atoms with Gasteiger partial charge in [-0.1, -0.05) is 18.2 Å². The van der Waals surface area contributed by atoms with Crippen molar-refractivity contribution in [3.8, 4) is 11.1 Å². The molecule has 0 atom stereocenters. The molecule has 0 aliphatic rings. The number of aryl methyl sites for hydroxylation is 1. The molecule has 3 aromatic heterocycles. The molecule has 0 aliphatic carbocycles. The standard InChI is InChI=1S/C21H21N5O2S/c1-14-11-23-21-19(20(14)25-29(27,28)16-7-5-4-6-8-16)17(13-24-21)15-9-10-18(22-12-15)26(2)3/h4-13H,1-3H3,(H2,23,24,25). The van der Waals surface area contributed by atoms with Gasteiger partial charge in [0.05, 0.1) is 16.0 Å². The van der Waals surface area contributed by atoms with Gasteiger partial charge >= 0.3 is 0 Å². The molecular formula is C21H21N5O2S. The van der Waals surface area contributed by atoms with Crippen molar-refractivity contribution < 1.29 is 8.42 Å². The number of aromatic amines is 1. The first-order valence-corrected chi connectivity index (χ1v) is 10.5. The van der Waals surface area contributed by atoms with Crippen LogP contribution in [0, 0.1) is 6.92 Å². The minimum atomic E-state index is -3.74. The van der Waals surface area contributed by atoms with E-state index in [2.05, 4.69) is 19.7 Å². The number of rotatable bonds is 5. The minimum absolute atomic E-state index is 0.207. The van der Waals surface area contributed by atoms with E-state index in [-0.39, 0.29) is 4.90 Å². The van der Waals surface area contributed by atoms with Gasteiger partial charge in [0, 0.05) is 43.8 Å². The lowest BCUT2D eigenvalue weighted by atomic mass is 10.1. The van der Waals surface area contributed by atoms with Crippen LogP contribution >= 0.6 is 0 Å². The summed E-state index contributed by atoms with van der Waals surface area (Å²) in [6.07, 6.45) is 5.25. The molecule has 148 valence electrons. The Morgan fingerprint density at radius 1 is 1.00 bits per heavy atom. The number of aromatic nitrogens is 3. The number of fused-ring (bicyclic) bond motifs is 1. The molecule has 8 heteroatoms. The molecule has 0 amide bonds. The number of anilines is 2. The lowest BCUT2D eigenvalue weighted by Crippen LogP contribution is -2.14. The summed E-state index contributed by atoms with van der Waals surface area (Å²) in [7, 11) is 0.120. The zero-order valence-electron chi connectivity index (χ0n) is 16.3. The predicted molar refractivity (Wildman–Crippen MR) is 116 cm³/mol. The van der Waals surface area contributed by atoms with Crippen LogP contribution in [0.25, 0.3) is 22.2 Å². The van der Waals surface area contributed by atoms with Crippen LogP contribution in [-0.2, 0) is 10.0 Å². The Morgan fingerprint density at radius 2 is 1.76 bits per heavy atom. The molecule has 0 fully saturated rings. The molecule has 3 heterocycles. The molecule has 0 aliphatic heterocycles. The van der Waals surface area contributed by atoms with Crippen LogP contribution in [0.2, 0.25) is 0 Å². The predicted octanol–water partition coefficient (Wildman–Crippen LogP) is 3.80. The van der Waals surface area contributed by atoms with Crippen molar-refractivity contribution in [3.05, 3.63) is 66.6 Å². The fraction of sp³-hybridized carbons (Fsp3) is 0.143. The number of hydrogen-bond acceptors (Lipinski definition) is 5. The molecule has 7 nitrogen and oxygen atoms in total. The topological polar surface area (TPSA) is 91.0 Å². The third-order valence-corrected chi connectivity index (χ3v) is 6.06. The van der Waals surface area contributed by atoms with Crippen molar-refractivity contribution >= 4 is 32.6 Å². The molecule has 4 rings (SSSR count). The lowest BCUT2D eigenvalue weighted by Gasteiger charge is -2.14. The van der Waals surface area contributed by atoms with E-state index in [1.54, 1.807) is 42.7 Å². The van der Waals surface area contributed by atoms with E-state index in [0.29, 0.717) is 16.7 Å². The Balaban J connectivity index is 1.85. The third kappa shape index (κ3) is 3.54. The lowest BCUT2D eigenvalue weighted by molar-refractivity contribution is 0.601. The number of nitrogens with zero attached hydrogens (tertiary/aromatic N) is 3. The van der Waals surface area contributed by atoms with E-state index >= 15 is 0 Å². The maximum Gasteiger partial charge on any atom is 0.261 e. The Morgan fingerprint density at radius 3 is 2.41 bits per heavy atom. The van der Waals surface area contributed by atoms with Gasteiger partial charge in [-0.15, -0.1) is 0 Å². The summed E-state index contributed by atoms with van der Waals surface area (Å²) < 4.78 is 28.6. The molecule has 0 saturated carbocycles. The second-order valence-corrected chi connectivity index (χ2v) is 8.64. The van der Waals surface area contributed by atoms with Crippen LogP contribution in [-0.4, -0.2) is 37.5 Å². The van der Waals surface area contributed by atoms with Gasteiger partial charge in [0.1, 0.15) is 11.5 Å². The highest BCUT2D eigenvalue weighted by Gasteiger charge is 2.20. The van der Waals surface area contributed by atoms with Gasteiger partial charge in [-0.2, -0.15) is 0 Å². The molecule has 29 heavy (non-hydrogen) atoms. The van der Waals surface area contributed by atoms with Gasteiger partial charge in [-0.3, -0.25) is 4.72 Å². The summed E-state index contributed by atoms with van der Waals surface area (Å²) in [6, 6.07) is 12.2. The first kappa shape index (κ1) is 18.9. The van der Waals surface area contributed by atoms with Gasteiger partial charge in [0.2, 0.25) is 0 Å². The van der Waals surface area contributed by atoms with Gasteiger partial charge < -0.3 is 9.88 Å². The molecule has 2 N–H and O–H groups in total. The fourth-order valence-corrected chi connectivity index (χ4v) is 4.32. The quantitative estimate of drug-likeness (QED) is 0.525. The average Bonchev–Trinajstić information content (AvgIpc) is 3.15. The minimum Gasteiger partial charge on any atom is -0.363 e. The molecule has 0 saturated heterocycles. The highest BCUT2D eigenvalue weighted by molar-refractivity contribution is 7.92. The SMILES string of the molecule is Cc1cnc2[nH]cc(-c3ccc(N(C)C)nc3)c2c1NS(=O)(=O)c1ccccc1. The number of hydrogen-bond donors (Lipinski definition) is 2. The number of H-pyrrole nitrogens is 1. The maximum atomic E-state index is 12.9. The van der Waals surface area contributed by atoms with E-state index in [0.717, 1.165) is 22.5 Å². The Labute approximate surface area is 169 Å². The van der Waals surface area contributed by atoms with Crippen LogP contribution in [0.1, 0.15) is 5.56 Å². The van der Waals surface area contributed by atoms with Crippen molar-refractivity contribution in [1.82, 2.24) is 15.0 Å². The molecule has 1 aromatic carbocycles. The average molecular weight is 407 g/mol. The zero-order valence-corrected chi connectivity index (χ0v) is 17.2. The Bertz CT molecular complexity index is 1260. The Kier molecular flexibility index (Phi) is 4.71. The van der Waals surface area contributed by atoms with Gasteiger partial charge in [0.15, 0.2) is 0 Å². The Hall–Kier alpha value is -3.39. The highest BCUT2D eigenvalue weighted by atomic mass is 32.2. The number of pyridine rings is 2. The summed E-state index contributed by atoms with van der Waals surface area (Å²) in [5.41, 5.74) is 3.55. The zero-order chi connectivity index (χ0) is 20.6. The van der Waals surface area contributed by atoms with Crippen LogP contribution < -0.4 is 9.62 Å². The molecule has 0 spiro atoms. The highest BCUT2D eigenvalue weighted by Crippen LogP contribution is 2.36. The summed E-state index contributed by atoms with van der Waals surface area (Å²) in [5, 5.41) is 0.712. The molecular weight excluding hydrogens is 386 g/mol. The van der Waals surface area contributed by atoms with Crippen molar-refractivity contribution in [1.29, 1.82) is 0 Å². The number of sulfonamides is 1. The summed E-state index contributed by atoms with van der Waals surface area (Å²) >= 11 is 0. The monoisotopic (exact) mass is 407 g/mol. The van der Waals surface area contributed by atoms with Crippen molar-refractivity contribution in [2.75, 3.05) is 23.7 Å². The third-order valence-electron chi connectivity index (χ3n) is 4.70. The van der Waals surface area contributed by atoms with E-state index in [9.17, 15) is 8.42 Å². The first-order chi connectivity index (χ1) is 13.9. The molecule has 4 aromatic rings. The number of nitrogens with one attached hydrogen (secondary N) is 2. The second-order valence-electron chi connectivity index (χ2n) is 6.96. The maximum absolute atomic E-state index is 12.9. The first-order valence-electron chi connectivity index (χ1n) is 9.05. The van der Waals surface area contributed by atoms with Gasteiger partial charge in [0.25, 0.3) is 10.0 Å². The van der Waals surface area contributed by atoms with Crippen LogP contribution in [0.3, 0.4) is 0 Å². The largest absolute Gasteiger partial charge is 0.363 e. The second kappa shape index (κ2) is 7.21. The summed E-state index contributed by atoms with van der Waals surface area (Å²) in [4.78, 5) is 14.1.